The van der Waals surface area contributed by atoms with Crippen LogP contribution in [0.15, 0.2) is 0 Å². The molecule has 2 aliphatic heterocycles. The summed E-state index contributed by atoms with van der Waals surface area (Å²) in [6, 6.07) is 0.298. The van der Waals surface area contributed by atoms with Crippen LogP contribution < -0.4 is 10.6 Å². The van der Waals surface area contributed by atoms with Gasteiger partial charge in [-0.2, -0.15) is 0 Å². The number of carbonyl (C=O) groups excluding carboxylic acids is 1. The zero-order valence-electron chi connectivity index (χ0n) is 8.99. The quantitative estimate of drug-likeness (QED) is 0.739. The second kappa shape index (κ2) is 5.68. The summed E-state index contributed by atoms with van der Waals surface area (Å²) in [7, 11) is 0. The minimum Gasteiger partial charge on any atom is -0.381 e. The van der Waals surface area contributed by atoms with Crippen molar-refractivity contribution in [2.24, 2.45) is 5.92 Å². The largest absolute Gasteiger partial charge is 0.381 e. The summed E-state index contributed by atoms with van der Waals surface area (Å²) < 4.78 is 5.29. The number of rotatable bonds is 3. The van der Waals surface area contributed by atoms with Gasteiger partial charge in [0.25, 0.3) is 0 Å². The van der Waals surface area contributed by atoms with E-state index < -0.39 is 0 Å². The standard InChI is InChI=1S/C10H18N2O2.ClH/c1-7(8-3-5-14-6-8)12-10(13)9-2-4-11-9;/h7-9,11H,2-6H2,1H3,(H,12,13);1H/t7?,8?,9-;/m1./s1. The molecule has 1 amide bonds. The Labute approximate surface area is 96.5 Å². The highest BCUT2D eigenvalue weighted by atomic mass is 35.5. The van der Waals surface area contributed by atoms with E-state index in [1.807, 2.05) is 0 Å². The maximum absolute atomic E-state index is 11.6. The van der Waals surface area contributed by atoms with E-state index in [1.54, 1.807) is 0 Å². The van der Waals surface area contributed by atoms with Crippen molar-refractivity contribution in [1.82, 2.24) is 10.6 Å². The predicted molar refractivity (Wildman–Crippen MR) is 60.2 cm³/mol. The monoisotopic (exact) mass is 234 g/mol. The van der Waals surface area contributed by atoms with Gasteiger partial charge in [0.15, 0.2) is 0 Å². The van der Waals surface area contributed by atoms with Gasteiger partial charge in [-0.3, -0.25) is 4.79 Å². The molecule has 0 bridgehead atoms. The van der Waals surface area contributed by atoms with Gasteiger partial charge in [0, 0.05) is 18.6 Å². The average Bonchev–Trinajstić information content (AvgIpc) is 2.51. The fourth-order valence-corrected chi connectivity index (χ4v) is 1.90. The van der Waals surface area contributed by atoms with Crippen LogP contribution in [0.2, 0.25) is 0 Å². The fourth-order valence-electron chi connectivity index (χ4n) is 1.90. The summed E-state index contributed by atoms with van der Waals surface area (Å²) in [5.41, 5.74) is 0. The lowest BCUT2D eigenvalue weighted by molar-refractivity contribution is -0.125. The van der Waals surface area contributed by atoms with Crippen LogP contribution in [0.1, 0.15) is 19.8 Å². The summed E-state index contributed by atoms with van der Waals surface area (Å²) in [6.45, 7) is 4.67. The second-order valence-corrected chi connectivity index (χ2v) is 4.22. The van der Waals surface area contributed by atoms with Crippen molar-refractivity contribution in [2.75, 3.05) is 19.8 Å². The van der Waals surface area contributed by atoms with Gasteiger partial charge < -0.3 is 15.4 Å². The molecule has 15 heavy (non-hydrogen) atoms. The van der Waals surface area contributed by atoms with E-state index in [9.17, 15) is 4.79 Å². The second-order valence-electron chi connectivity index (χ2n) is 4.22. The zero-order valence-corrected chi connectivity index (χ0v) is 9.81. The molecule has 2 N–H and O–H groups in total. The van der Waals surface area contributed by atoms with Crippen LogP contribution >= 0.6 is 12.4 Å². The van der Waals surface area contributed by atoms with Crippen molar-refractivity contribution < 1.29 is 9.53 Å². The van der Waals surface area contributed by atoms with Crippen molar-refractivity contribution in [3.8, 4) is 0 Å². The van der Waals surface area contributed by atoms with Crippen LogP contribution in [0.3, 0.4) is 0 Å². The number of hydrogen-bond donors (Lipinski definition) is 2. The number of amides is 1. The van der Waals surface area contributed by atoms with E-state index in [0.717, 1.165) is 32.6 Å². The number of nitrogens with one attached hydrogen (secondary N) is 2. The van der Waals surface area contributed by atoms with Gasteiger partial charge in [-0.15, -0.1) is 12.4 Å². The molecule has 2 saturated heterocycles. The Morgan fingerprint density at radius 1 is 1.53 bits per heavy atom. The predicted octanol–water partition coefficient (Wildman–Crippen LogP) is 0.311. The molecule has 0 aromatic carbocycles. The Balaban J connectivity index is 0.00000112. The molecule has 88 valence electrons. The van der Waals surface area contributed by atoms with Gasteiger partial charge in [-0.05, 0) is 26.3 Å². The van der Waals surface area contributed by atoms with Crippen LogP contribution in [0, 0.1) is 5.92 Å². The molecular weight excluding hydrogens is 216 g/mol. The average molecular weight is 235 g/mol. The molecule has 2 aliphatic rings. The fraction of sp³-hybridized carbons (Fsp3) is 0.900. The molecule has 0 aromatic heterocycles. The Bertz CT molecular complexity index is 215. The normalized spacial score (nSPS) is 31.3. The van der Waals surface area contributed by atoms with Crippen LogP contribution in [-0.4, -0.2) is 37.7 Å². The highest BCUT2D eigenvalue weighted by Gasteiger charge is 2.28. The zero-order chi connectivity index (χ0) is 9.97. The first kappa shape index (κ1) is 12.7. The minimum atomic E-state index is 0. The van der Waals surface area contributed by atoms with E-state index in [0.29, 0.717) is 5.92 Å². The van der Waals surface area contributed by atoms with Gasteiger partial charge >= 0.3 is 0 Å². The third kappa shape index (κ3) is 3.06. The first-order chi connectivity index (χ1) is 6.77. The van der Waals surface area contributed by atoms with Gasteiger partial charge in [0.05, 0.1) is 12.6 Å². The molecule has 0 radical (unpaired) electrons. The van der Waals surface area contributed by atoms with Gasteiger partial charge in [-0.1, -0.05) is 0 Å². The Morgan fingerprint density at radius 3 is 2.73 bits per heavy atom. The highest BCUT2D eigenvalue weighted by molar-refractivity contribution is 5.85. The summed E-state index contributed by atoms with van der Waals surface area (Å²) in [5, 5.41) is 6.14. The maximum Gasteiger partial charge on any atom is 0.237 e. The van der Waals surface area contributed by atoms with Gasteiger partial charge in [-0.25, -0.2) is 0 Å². The molecule has 5 heteroatoms. The van der Waals surface area contributed by atoms with Crippen LogP contribution in [0.5, 0.6) is 0 Å². The summed E-state index contributed by atoms with van der Waals surface area (Å²) in [4.78, 5) is 11.6. The lowest BCUT2D eigenvalue weighted by atomic mass is 9.99. The molecular formula is C10H19ClN2O2. The van der Waals surface area contributed by atoms with Crippen LogP contribution in [0.25, 0.3) is 0 Å². The summed E-state index contributed by atoms with van der Waals surface area (Å²) >= 11 is 0. The van der Waals surface area contributed by atoms with E-state index in [1.165, 1.54) is 0 Å². The number of carbonyl (C=O) groups is 1. The SMILES string of the molecule is CC(NC(=O)[C@H]1CCN1)C1CCOC1.Cl. The molecule has 3 atom stereocenters. The Kier molecular flexibility index (Phi) is 4.83. The smallest absolute Gasteiger partial charge is 0.237 e. The topological polar surface area (TPSA) is 50.4 Å². The molecule has 0 spiro atoms. The van der Waals surface area contributed by atoms with Crippen LogP contribution in [0.4, 0.5) is 0 Å². The molecule has 0 aromatic rings. The molecule has 2 fully saturated rings. The van der Waals surface area contributed by atoms with E-state index in [4.69, 9.17) is 4.74 Å². The van der Waals surface area contributed by atoms with Gasteiger partial charge in [0.1, 0.15) is 0 Å². The first-order valence-corrected chi connectivity index (χ1v) is 5.39. The molecule has 2 rings (SSSR count). The summed E-state index contributed by atoms with van der Waals surface area (Å²) in [6.07, 6.45) is 2.04. The first-order valence-electron chi connectivity index (χ1n) is 5.39. The molecule has 0 aliphatic carbocycles. The molecule has 2 unspecified atom stereocenters. The van der Waals surface area contributed by atoms with E-state index in [2.05, 4.69) is 17.6 Å². The van der Waals surface area contributed by atoms with Crippen molar-refractivity contribution in [2.45, 2.75) is 31.8 Å². The number of ether oxygens (including phenoxy) is 1. The Hall–Kier alpha value is -0.320. The number of halogens is 1. The third-order valence-electron chi connectivity index (χ3n) is 3.18. The van der Waals surface area contributed by atoms with Crippen molar-refractivity contribution in [1.29, 1.82) is 0 Å². The maximum atomic E-state index is 11.6. The minimum absolute atomic E-state index is 0. The Morgan fingerprint density at radius 2 is 2.27 bits per heavy atom. The highest BCUT2D eigenvalue weighted by Crippen LogP contribution is 2.16. The van der Waals surface area contributed by atoms with E-state index in [-0.39, 0.29) is 30.4 Å². The molecule has 0 saturated carbocycles. The van der Waals surface area contributed by atoms with Crippen molar-refractivity contribution >= 4 is 18.3 Å². The van der Waals surface area contributed by atoms with E-state index >= 15 is 0 Å². The van der Waals surface area contributed by atoms with Crippen molar-refractivity contribution in [3.63, 3.8) is 0 Å². The van der Waals surface area contributed by atoms with Gasteiger partial charge in [0.2, 0.25) is 5.91 Å². The van der Waals surface area contributed by atoms with Crippen molar-refractivity contribution in [3.05, 3.63) is 0 Å². The summed E-state index contributed by atoms with van der Waals surface area (Å²) in [5.74, 6) is 0.648. The lowest BCUT2D eigenvalue weighted by Gasteiger charge is -2.29. The van der Waals surface area contributed by atoms with Crippen LogP contribution in [-0.2, 0) is 9.53 Å². The molecule has 2 heterocycles. The number of hydrogen-bond acceptors (Lipinski definition) is 3. The lowest BCUT2D eigenvalue weighted by Crippen LogP contribution is -2.55. The third-order valence-corrected chi connectivity index (χ3v) is 3.18. The molecule has 4 nitrogen and oxygen atoms in total.